The number of halogens is 4. The SMILES string of the molecule is CC1(C)OB(c2ccc(-c3cc(F)c(CF)c(F)c3)c(F)c2)OC1(C)C. The number of benzene rings is 2. The molecule has 0 atom stereocenters. The van der Waals surface area contributed by atoms with Gasteiger partial charge in [0.05, 0.1) is 16.8 Å². The predicted octanol–water partition coefficient (Wildman–Crippen LogP) is 4.54. The Hall–Kier alpha value is -1.86. The van der Waals surface area contributed by atoms with Gasteiger partial charge in [0, 0.05) is 5.56 Å². The fourth-order valence-electron chi connectivity index (χ4n) is 2.78. The molecule has 1 aliphatic heterocycles. The lowest BCUT2D eigenvalue weighted by Crippen LogP contribution is -2.41. The van der Waals surface area contributed by atoms with Crippen molar-refractivity contribution < 1.29 is 26.9 Å². The van der Waals surface area contributed by atoms with Gasteiger partial charge >= 0.3 is 7.12 Å². The third-order valence-corrected chi connectivity index (χ3v) is 5.10. The molecule has 0 bridgehead atoms. The summed E-state index contributed by atoms with van der Waals surface area (Å²) in [5.41, 5.74) is -1.33. The molecule has 2 aromatic carbocycles. The van der Waals surface area contributed by atoms with Crippen molar-refractivity contribution in [2.75, 3.05) is 0 Å². The molecule has 0 unspecified atom stereocenters. The van der Waals surface area contributed by atoms with Crippen molar-refractivity contribution in [3.63, 3.8) is 0 Å². The maximum atomic E-state index is 14.6. The van der Waals surface area contributed by atoms with E-state index in [-0.39, 0.29) is 11.1 Å². The van der Waals surface area contributed by atoms with Gasteiger partial charge in [-0.05, 0) is 56.9 Å². The third-order valence-electron chi connectivity index (χ3n) is 5.10. The van der Waals surface area contributed by atoms with Crippen LogP contribution in [0, 0.1) is 17.5 Å². The molecule has 1 fully saturated rings. The quantitative estimate of drug-likeness (QED) is 0.587. The monoisotopic (exact) mass is 366 g/mol. The Balaban J connectivity index is 1.95. The smallest absolute Gasteiger partial charge is 0.399 e. The van der Waals surface area contributed by atoms with E-state index in [1.807, 2.05) is 27.7 Å². The minimum Gasteiger partial charge on any atom is -0.399 e. The summed E-state index contributed by atoms with van der Waals surface area (Å²) in [5.74, 6) is -2.77. The zero-order valence-electron chi connectivity index (χ0n) is 15.0. The summed E-state index contributed by atoms with van der Waals surface area (Å²) in [6.45, 7) is 6.28. The van der Waals surface area contributed by atoms with Crippen molar-refractivity contribution in [2.45, 2.75) is 45.6 Å². The Morgan fingerprint density at radius 2 is 1.38 bits per heavy atom. The second-order valence-corrected chi connectivity index (χ2v) is 7.38. The van der Waals surface area contributed by atoms with Crippen LogP contribution >= 0.6 is 0 Å². The fraction of sp³-hybridized carbons (Fsp3) is 0.368. The molecule has 2 aromatic rings. The lowest BCUT2D eigenvalue weighted by atomic mass is 9.78. The molecule has 0 spiro atoms. The van der Waals surface area contributed by atoms with Crippen molar-refractivity contribution in [2.24, 2.45) is 0 Å². The Bertz CT molecular complexity index is 812. The molecule has 138 valence electrons. The van der Waals surface area contributed by atoms with E-state index < -0.39 is 48.0 Å². The molecule has 2 nitrogen and oxygen atoms in total. The van der Waals surface area contributed by atoms with Crippen LogP contribution in [0.5, 0.6) is 0 Å². The first kappa shape index (κ1) is 18.9. The molecule has 0 saturated carbocycles. The minimum atomic E-state index is -1.26. The predicted molar refractivity (Wildman–Crippen MR) is 92.3 cm³/mol. The van der Waals surface area contributed by atoms with E-state index in [0.717, 1.165) is 12.1 Å². The van der Waals surface area contributed by atoms with Gasteiger partial charge in [0.2, 0.25) is 0 Å². The van der Waals surface area contributed by atoms with Gasteiger partial charge in [-0.2, -0.15) is 0 Å². The first-order valence-electron chi connectivity index (χ1n) is 8.25. The summed E-state index contributed by atoms with van der Waals surface area (Å²) in [7, 11) is -0.745. The standard InChI is InChI=1S/C19H19BF4O2/c1-18(2)19(3,4)26-20(25-18)12-5-6-13(17(24)9-12)11-7-15(22)14(10-21)16(23)8-11/h5-9H,10H2,1-4H3. The van der Waals surface area contributed by atoms with Crippen LogP contribution in [0.2, 0.25) is 0 Å². The van der Waals surface area contributed by atoms with Gasteiger partial charge in [-0.3, -0.25) is 0 Å². The second-order valence-electron chi connectivity index (χ2n) is 7.38. The first-order chi connectivity index (χ1) is 12.1. The van der Waals surface area contributed by atoms with E-state index in [4.69, 9.17) is 9.31 Å². The Labute approximate surface area is 150 Å². The summed E-state index contributed by atoms with van der Waals surface area (Å²) in [4.78, 5) is 0. The molecule has 1 heterocycles. The fourth-order valence-corrected chi connectivity index (χ4v) is 2.78. The molecule has 1 aliphatic rings. The normalized spacial score (nSPS) is 18.4. The summed E-state index contributed by atoms with van der Waals surface area (Å²) >= 11 is 0. The molecule has 26 heavy (non-hydrogen) atoms. The molecule has 3 rings (SSSR count). The van der Waals surface area contributed by atoms with Crippen molar-refractivity contribution >= 4 is 12.6 Å². The van der Waals surface area contributed by atoms with Gasteiger partial charge in [-0.25, -0.2) is 17.6 Å². The molecule has 0 amide bonds. The Morgan fingerprint density at radius 1 is 0.846 bits per heavy atom. The maximum absolute atomic E-state index is 14.6. The second kappa shape index (κ2) is 6.39. The average Bonchev–Trinajstić information content (AvgIpc) is 2.75. The molecule has 1 saturated heterocycles. The molecule has 0 aliphatic carbocycles. The Morgan fingerprint density at radius 3 is 1.85 bits per heavy atom. The van der Waals surface area contributed by atoms with Gasteiger partial charge in [0.15, 0.2) is 0 Å². The highest BCUT2D eigenvalue weighted by Gasteiger charge is 2.51. The van der Waals surface area contributed by atoms with Crippen LogP contribution in [0.3, 0.4) is 0 Å². The minimum absolute atomic E-state index is 0.00447. The average molecular weight is 366 g/mol. The highest BCUT2D eigenvalue weighted by Crippen LogP contribution is 2.36. The summed E-state index contributed by atoms with van der Waals surface area (Å²) in [6, 6.07) is 6.05. The van der Waals surface area contributed by atoms with Gasteiger partial charge in [-0.1, -0.05) is 12.1 Å². The highest BCUT2D eigenvalue weighted by atomic mass is 19.1. The summed E-state index contributed by atoms with van der Waals surface area (Å²) in [5, 5.41) is 0. The van der Waals surface area contributed by atoms with E-state index in [1.165, 1.54) is 12.1 Å². The lowest BCUT2D eigenvalue weighted by Gasteiger charge is -2.32. The van der Waals surface area contributed by atoms with E-state index >= 15 is 0 Å². The van der Waals surface area contributed by atoms with Gasteiger partial charge in [0.25, 0.3) is 0 Å². The number of rotatable bonds is 3. The lowest BCUT2D eigenvalue weighted by molar-refractivity contribution is 0.00578. The van der Waals surface area contributed by atoms with Crippen LogP contribution in [0.15, 0.2) is 30.3 Å². The van der Waals surface area contributed by atoms with E-state index in [9.17, 15) is 17.6 Å². The van der Waals surface area contributed by atoms with E-state index in [2.05, 4.69) is 0 Å². The number of hydrogen-bond acceptors (Lipinski definition) is 2. The van der Waals surface area contributed by atoms with Crippen molar-refractivity contribution in [3.8, 4) is 11.1 Å². The third kappa shape index (κ3) is 3.14. The Kier molecular flexibility index (Phi) is 4.65. The maximum Gasteiger partial charge on any atom is 0.494 e. The topological polar surface area (TPSA) is 18.5 Å². The van der Waals surface area contributed by atoms with Gasteiger partial charge in [0.1, 0.15) is 24.1 Å². The zero-order valence-corrected chi connectivity index (χ0v) is 15.0. The largest absolute Gasteiger partial charge is 0.494 e. The van der Waals surface area contributed by atoms with E-state index in [0.29, 0.717) is 5.46 Å². The van der Waals surface area contributed by atoms with Crippen LogP contribution in [0.4, 0.5) is 17.6 Å². The van der Waals surface area contributed by atoms with Gasteiger partial charge < -0.3 is 9.31 Å². The molecule has 7 heteroatoms. The number of hydrogen-bond donors (Lipinski definition) is 0. The molecular formula is C19H19BF4O2. The zero-order chi connectivity index (χ0) is 19.3. The van der Waals surface area contributed by atoms with Crippen LogP contribution in [-0.2, 0) is 16.0 Å². The van der Waals surface area contributed by atoms with Crippen LogP contribution in [-0.4, -0.2) is 18.3 Å². The molecule has 0 N–H and O–H groups in total. The van der Waals surface area contributed by atoms with Crippen molar-refractivity contribution in [3.05, 3.63) is 53.3 Å². The van der Waals surface area contributed by atoms with E-state index in [1.54, 1.807) is 6.07 Å². The number of alkyl halides is 1. The van der Waals surface area contributed by atoms with Crippen molar-refractivity contribution in [1.29, 1.82) is 0 Å². The van der Waals surface area contributed by atoms with Crippen LogP contribution < -0.4 is 5.46 Å². The molecular weight excluding hydrogens is 347 g/mol. The van der Waals surface area contributed by atoms with Gasteiger partial charge in [-0.15, -0.1) is 0 Å². The first-order valence-corrected chi connectivity index (χ1v) is 8.25. The van der Waals surface area contributed by atoms with Crippen LogP contribution in [0.25, 0.3) is 11.1 Å². The van der Waals surface area contributed by atoms with Crippen LogP contribution in [0.1, 0.15) is 33.3 Å². The highest BCUT2D eigenvalue weighted by molar-refractivity contribution is 6.62. The van der Waals surface area contributed by atoms with Crippen molar-refractivity contribution in [1.82, 2.24) is 0 Å². The summed E-state index contributed by atoms with van der Waals surface area (Å²) in [6.07, 6.45) is 0. The summed E-state index contributed by atoms with van der Waals surface area (Å²) < 4.78 is 66.5. The molecule has 0 radical (unpaired) electrons. The molecule has 0 aromatic heterocycles.